The lowest BCUT2D eigenvalue weighted by molar-refractivity contribution is 0.638. The van der Waals surface area contributed by atoms with E-state index in [9.17, 15) is 0 Å². The molecule has 27 heavy (non-hydrogen) atoms. The average molecular weight is 480 g/mol. The summed E-state index contributed by atoms with van der Waals surface area (Å²) >= 11 is 0. The summed E-state index contributed by atoms with van der Waals surface area (Å²) in [6.45, 7) is 2.80. The monoisotopic (exact) mass is 480 g/mol. The van der Waals surface area contributed by atoms with E-state index in [4.69, 9.17) is 0 Å². The molecule has 0 saturated heterocycles. The van der Waals surface area contributed by atoms with Gasteiger partial charge < -0.3 is 15.2 Å². The third kappa shape index (κ3) is 6.27. The van der Waals surface area contributed by atoms with Crippen LogP contribution in [0.15, 0.2) is 53.9 Å². The van der Waals surface area contributed by atoms with Gasteiger partial charge >= 0.3 is 0 Å². The molecule has 1 aromatic carbocycles. The highest BCUT2D eigenvalue weighted by Gasteiger charge is 2.01. The quantitative estimate of drug-likeness (QED) is 0.225. The minimum absolute atomic E-state index is 0. The van der Waals surface area contributed by atoms with Gasteiger partial charge in [-0.25, -0.2) is 0 Å². The van der Waals surface area contributed by atoms with Crippen molar-refractivity contribution >= 4 is 40.8 Å². The van der Waals surface area contributed by atoms with Crippen molar-refractivity contribution in [2.24, 2.45) is 12.0 Å². The minimum atomic E-state index is 0. The maximum atomic E-state index is 4.29. The molecule has 3 rings (SSSR count). The Bertz CT molecular complexity index is 851. The molecule has 6 nitrogen and oxygen atoms in total. The number of aromatic nitrogens is 3. The van der Waals surface area contributed by atoms with Crippen LogP contribution in [0, 0.1) is 0 Å². The molecule has 0 amide bonds. The lowest BCUT2D eigenvalue weighted by atomic mass is 10.2. The highest BCUT2D eigenvalue weighted by Crippen LogP contribution is 2.15. The van der Waals surface area contributed by atoms with E-state index < -0.39 is 0 Å². The predicted octanol–water partition coefficient (Wildman–Crippen LogP) is 3.18. The number of nitrogens with one attached hydrogen (secondary N) is 2. The fourth-order valence-electron chi connectivity index (χ4n) is 3.11. The average Bonchev–Trinajstić information content (AvgIpc) is 3.26. The van der Waals surface area contributed by atoms with Crippen molar-refractivity contribution in [1.82, 2.24) is 25.0 Å². The van der Waals surface area contributed by atoms with Crippen molar-refractivity contribution in [1.29, 1.82) is 0 Å². The first-order valence-corrected chi connectivity index (χ1v) is 9.22. The summed E-state index contributed by atoms with van der Waals surface area (Å²) in [5.74, 6) is 0.869. The van der Waals surface area contributed by atoms with E-state index in [0.717, 1.165) is 44.9 Å². The third-order valence-electron chi connectivity index (χ3n) is 4.47. The van der Waals surface area contributed by atoms with Gasteiger partial charge in [0.1, 0.15) is 0 Å². The van der Waals surface area contributed by atoms with Crippen LogP contribution >= 0.6 is 24.0 Å². The number of rotatable bonds is 8. The molecule has 0 atom stereocenters. The number of hydrogen-bond donors (Lipinski definition) is 2. The summed E-state index contributed by atoms with van der Waals surface area (Å²) in [5.41, 5.74) is 2.57. The van der Waals surface area contributed by atoms with Gasteiger partial charge in [-0.15, -0.1) is 24.0 Å². The third-order valence-corrected chi connectivity index (χ3v) is 4.47. The summed E-state index contributed by atoms with van der Waals surface area (Å²) in [5, 5.41) is 12.3. The number of aliphatic imine (C=N–C) groups is 1. The van der Waals surface area contributed by atoms with Gasteiger partial charge in [0.05, 0.1) is 6.20 Å². The van der Waals surface area contributed by atoms with Gasteiger partial charge in [-0.1, -0.05) is 18.2 Å². The fourth-order valence-corrected chi connectivity index (χ4v) is 3.11. The Morgan fingerprint density at radius 2 is 1.89 bits per heavy atom. The van der Waals surface area contributed by atoms with E-state index in [-0.39, 0.29) is 24.0 Å². The fraction of sp³-hybridized carbons (Fsp3) is 0.400. The van der Waals surface area contributed by atoms with E-state index >= 15 is 0 Å². The van der Waals surface area contributed by atoms with Gasteiger partial charge in [0.25, 0.3) is 0 Å². The van der Waals surface area contributed by atoms with Crippen molar-refractivity contribution in [2.75, 3.05) is 20.1 Å². The first-order chi connectivity index (χ1) is 12.8. The summed E-state index contributed by atoms with van der Waals surface area (Å²) in [7, 11) is 3.76. The van der Waals surface area contributed by atoms with Crippen molar-refractivity contribution in [2.45, 2.75) is 25.8 Å². The second-order valence-corrected chi connectivity index (χ2v) is 6.47. The van der Waals surface area contributed by atoms with Crippen molar-refractivity contribution < 1.29 is 0 Å². The Kier molecular flexibility index (Phi) is 8.63. The Labute approximate surface area is 178 Å². The second-order valence-electron chi connectivity index (χ2n) is 6.47. The van der Waals surface area contributed by atoms with Crippen LogP contribution in [-0.2, 0) is 20.0 Å². The molecule has 3 aromatic rings. The molecule has 0 aliphatic heterocycles. The first kappa shape index (κ1) is 21.3. The zero-order valence-electron chi connectivity index (χ0n) is 16.1. The molecule has 2 heterocycles. The molecular weight excluding hydrogens is 451 g/mol. The SMILES string of the molecule is CN=C(NCCCc1cnn(C)c1)NCCCn1ccc2ccccc21.I. The standard InChI is InChI=1S/C20H28N6.HI/c1-21-20(22-11-5-7-17-15-24-25(2)16-17)23-12-6-13-26-14-10-18-8-3-4-9-19(18)26;/h3-4,8-10,14-16H,5-7,11-13H2,1-2H3,(H2,21,22,23);1H. The molecule has 2 aromatic heterocycles. The number of hydrogen-bond acceptors (Lipinski definition) is 2. The molecule has 0 bridgehead atoms. The molecule has 0 aliphatic rings. The van der Waals surface area contributed by atoms with Crippen molar-refractivity contribution in [3.8, 4) is 0 Å². The highest BCUT2D eigenvalue weighted by atomic mass is 127. The van der Waals surface area contributed by atoms with Gasteiger partial charge in [-0.2, -0.15) is 5.10 Å². The lowest BCUT2D eigenvalue weighted by Gasteiger charge is -2.12. The Hall–Kier alpha value is -2.03. The van der Waals surface area contributed by atoms with Crippen LogP contribution in [0.3, 0.4) is 0 Å². The number of aryl methyl sites for hydroxylation is 3. The Balaban J connectivity index is 0.00000261. The Morgan fingerprint density at radius 3 is 2.63 bits per heavy atom. The topological polar surface area (TPSA) is 59.2 Å². The van der Waals surface area contributed by atoms with Crippen LogP contribution in [0.2, 0.25) is 0 Å². The molecule has 0 spiro atoms. The number of para-hydroxylation sites is 1. The molecule has 0 unspecified atom stereocenters. The number of fused-ring (bicyclic) bond motifs is 1. The molecule has 0 saturated carbocycles. The summed E-state index contributed by atoms with van der Waals surface area (Å²) in [6.07, 6.45) is 9.29. The predicted molar refractivity (Wildman–Crippen MR) is 123 cm³/mol. The molecular formula is C20H29IN6. The van der Waals surface area contributed by atoms with Crippen LogP contribution in [0.4, 0.5) is 0 Å². The number of benzene rings is 1. The van der Waals surface area contributed by atoms with Crippen molar-refractivity contribution in [3.05, 3.63) is 54.5 Å². The summed E-state index contributed by atoms with van der Waals surface area (Å²) < 4.78 is 4.15. The maximum Gasteiger partial charge on any atom is 0.190 e. The van der Waals surface area contributed by atoms with E-state index in [1.54, 1.807) is 0 Å². The lowest BCUT2D eigenvalue weighted by Crippen LogP contribution is -2.38. The van der Waals surface area contributed by atoms with Gasteiger partial charge in [0.2, 0.25) is 0 Å². The zero-order chi connectivity index (χ0) is 18.2. The zero-order valence-corrected chi connectivity index (χ0v) is 18.4. The normalized spacial score (nSPS) is 11.4. The Morgan fingerprint density at radius 1 is 1.11 bits per heavy atom. The largest absolute Gasteiger partial charge is 0.356 e. The van der Waals surface area contributed by atoms with Crippen LogP contribution < -0.4 is 10.6 Å². The molecule has 2 N–H and O–H groups in total. The maximum absolute atomic E-state index is 4.29. The molecule has 7 heteroatoms. The van der Waals surface area contributed by atoms with Crippen LogP contribution in [0.5, 0.6) is 0 Å². The van der Waals surface area contributed by atoms with Crippen LogP contribution in [0.1, 0.15) is 18.4 Å². The molecule has 146 valence electrons. The van der Waals surface area contributed by atoms with Crippen LogP contribution in [-0.4, -0.2) is 40.4 Å². The highest BCUT2D eigenvalue weighted by molar-refractivity contribution is 14.0. The van der Waals surface area contributed by atoms with E-state index in [1.807, 2.05) is 25.0 Å². The van der Waals surface area contributed by atoms with Crippen molar-refractivity contribution in [3.63, 3.8) is 0 Å². The van der Waals surface area contributed by atoms with Crippen LogP contribution in [0.25, 0.3) is 10.9 Å². The molecule has 0 radical (unpaired) electrons. The summed E-state index contributed by atoms with van der Waals surface area (Å²) in [6, 6.07) is 10.7. The van der Waals surface area contributed by atoms with Gasteiger partial charge in [-0.3, -0.25) is 9.67 Å². The van der Waals surface area contributed by atoms with E-state index in [1.165, 1.54) is 16.5 Å². The molecule has 0 aliphatic carbocycles. The summed E-state index contributed by atoms with van der Waals surface area (Å²) in [4.78, 5) is 4.29. The first-order valence-electron chi connectivity index (χ1n) is 9.22. The number of halogens is 1. The smallest absolute Gasteiger partial charge is 0.190 e. The van der Waals surface area contributed by atoms with Gasteiger partial charge in [-0.05, 0) is 42.3 Å². The number of nitrogens with zero attached hydrogens (tertiary/aromatic N) is 4. The second kappa shape index (κ2) is 11.0. The van der Waals surface area contributed by atoms with Gasteiger partial charge in [0.15, 0.2) is 5.96 Å². The van der Waals surface area contributed by atoms with E-state index in [2.05, 4.69) is 68.0 Å². The van der Waals surface area contributed by atoms with Gasteiger partial charge in [0, 0.05) is 51.6 Å². The molecule has 0 fully saturated rings. The minimum Gasteiger partial charge on any atom is -0.356 e. The number of guanidine groups is 1. The van der Waals surface area contributed by atoms with E-state index in [0.29, 0.717) is 0 Å².